The molecule has 0 aromatic heterocycles. The van der Waals surface area contributed by atoms with Crippen molar-refractivity contribution in [3.8, 4) is 0 Å². The van der Waals surface area contributed by atoms with Crippen molar-refractivity contribution in [1.82, 2.24) is 5.32 Å². The van der Waals surface area contributed by atoms with E-state index in [1.54, 1.807) is 0 Å². The lowest BCUT2D eigenvalue weighted by molar-refractivity contribution is 0.388. The Bertz CT molecular complexity index is 253. The molecule has 114 valence electrons. The minimum Gasteiger partial charge on any atom is -0.329 e. The molecule has 2 unspecified atom stereocenters. The average Bonchev–Trinajstić information content (AvgIpc) is 2.38. The summed E-state index contributed by atoms with van der Waals surface area (Å²) in [6.07, 6.45) is 4.18. The van der Waals surface area contributed by atoms with Crippen molar-refractivity contribution in [2.45, 2.75) is 66.5 Å². The predicted octanol–water partition coefficient (Wildman–Crippen LogP) is 2.81. The lowest BCUT2D eigenvalue weighted by Gasteiger charge is -2.22. The van der Waals surface area contributed by atoms with Crippen molar-refractivity contribution >= 4 is 0 Å². The van der Waals surface area contributed by atoms with Crippen LogP contribution in [0.1, 0.15) is 54.4 Å². The van der Waals surface area contributed by atoms with Crippen LogP contribution in [0.4, 0.5) is 0 Å². The van der Waals surface area contributed by atoms with Crippen molar-refractivity contribution in [2.75, 3.05) is 13.1 Å². The van der Waals surface area contributed by atoms with Crippen LogP contribution in [0.15, 0.2) is 17.4 Å². The maximum Gasteiger partial charge on any atom is 0.0195 e. The SMILES string of the molecule is CC(C)CC(CN)NC(C)CN.CC=C=C(C)CC. The maximum atomic E-state index is 5.62. The Morgan fingerprint density at radius 1 is 1.21 bits per heavy atom. The van der Waals surface area contributed by atoms with Crippen molar-refractivity contribution in [1.29, 1.82) is 0 Å². The van der Waals surface area contributed by atoms with Gasteiger partial charge in [-0.25, -0.2) is 0 Å². The van der Waals surface area contributed by atoms with E-state index in [1.165, 1.54) is 5.57 Å². The number of hydrogen-bond donors (Lipinski definition) is 3. The van der Waals surface area contributed by atoms with Gasteiger partial charge in [-0.3, -0.25) is 0 Å². The van der Waals surface area contributed by atoms with Gasteiger partial charge < -0.3 is 16.8 Å². The number of rotatable bonds is 7. The van der Waals surface area contributed by atoms with Crippen LogP contribution >= 0.6 is 0 Å². The van der Waals surface area contributed by atoms with E-state index in [4.69, 9.17) is 11.5 Å². The van der Waals surface area contributed by atoms with Crippen LogP contribution in [-0.4, -0.2) is 25.2 Å². The zero-order valence-corrected chi connectivity index (χ0v) is 13.8. The lowest BCUT2D eigenvalue weighted by atomic mass is 10.0. The highest BCUT2D eigenvalue weighted by molar-refractivity contribution is 4.95. The van der Waals surface area contributed by atoms with Gasteiger partial charge >= 0.3 is 0 Å². The Kier molecular flexibility index (Phi) is 15.1. The molecule has 0 heterocycles. The van der Waals surface area contributed by atoms with Crippen LogP contribution in [0.25, 0.3) is 0 Å². The van der Waals surface area contributed by atoms with Crippen LogP contribution in [0.2, 0.25) is 0 Å². The predicted molar refractivity (Wildman–Crippen MR) is 87.2 cm³/mol. The Morgan fingerprint density at radius 3 is 2.05 bits per heavy atom. The second-order valence-electron chi connectivity index (χ2n) is 5.43. The van der Waals surface area contributed by atoms with Gasteiger partial charge in [0.15, 0.2) is 0 Å². The molecule has 0 saturated heterocycles. The first-order chi connectivity index (χ1) is 8.90. The topological polar surface area (TPSA) is 64.1 Å². The first kappa shape index (κ1) is 20.7. The number of nitrogens with one attached hydrogen (secondary N) is 1. The highest BCUT2D eigenvalue weighted by Gasteiger charge is 2.10. The monoisotopic (exact) mass is 269 g/mol. The van der Waals surface area contributed by atoms with Crippen molar-refractivity contribution in [3.05, 3.63) is 17.4 Å². The summed E-state index contributed by atoms with van der Waals surface area (Å²) in [7, 11) is 0. The second kappa shape index (κ2) is 13.8. The molecule has 0 aliphatic rings. The third kappa shape index (κ3) is 15.3. The van der Waals surface area contributed by atoms with Gasteiger partial charge in [0.1, 0.15) is 0 Å². The van der Waals surface area contributed by atoms with Gasteiger partial charge in [0.05, 0.1) is 0 Å². The van der Waals surface area contributed by atoms with Crippen molar-refractivity contribution in [3.63, 3.8) is 0 Å². The zero-order valence-electron chi connectivity index (χ0n) is 13.8. The minimum absolute atomic E-state index is 0.372. The second-order valence-corrected chi connectivity index (χ2v) is 5.43. The quantitative estimate of drug-likeness (QED) is 0.623. The molecule has 2 atom stereocenters. The molecule has 0 amide bonds. The molecule has 0 bridgehead atoms. The van der Waals surface area contributed by atoms with Gasteiger partial charge in [-0.15, -0.1) is 5.73 Å². The molecule has 0 aromatic carbocycles. The first-order valence-electron chi connectivity index (χ1n) is 7.44. The summed E-state index contributed by atoms with van der Waals surface area (Å²) in [6, 6.07) is 0.792. The van der Waals surface area contributed by atoms with Gasteiger partial charge in [0.25, 0.3) is 0 Å². The largest absolute Gasteiger partial charge is 0.329 e. The molecule has 0 saturated carbocycles. The molecule has 0 rings (SSSR count). The van der Waals surface area contributed by atoms with Crippen LogP contribution in [0, 0.1) is 5.92 Å². The number of allylic oxidation sites excluding steroid dienone is 1. The van der Waals surface area contributed by atoms with Crippen LogP contribution in [0.5, 0.6) is 0 Å². The average molecular weight is 269 g/mol. The number of nitrogens with two attached hydrogens (primary N) is 2. The van der Waals surface area contributed by atoms with Gasteiger partial charge in [-0.05, 0) is 51.2 Å². The third-order valence-corrected chi connectivity index (χ3v) is 2.84. The van der Waals surface area contributed by atoms with E-state index >= 15 is 0 Å². The summed E-state index contributed by atoms with van der Waals surface area (Å²) in [6.45, 7) is 14.1. The summed E-state index contributed by atoms with van der Waals surface area (Å²) < 4.78 is 0. The fraction of sp³-hybridized carbons (Fsp3) is 0.812. The molecule has 3 nitrogen and oxygen atoms in total. The molecule has 0 aliphatic heterocycles. The van der Waals surface area contributed by atoms with Gasteiger partial charge in [-0.1, -0.05) is 20.8 Å². The molecule has 0 aromatic rings. The third-order valence-electron chi connectivity index (χ3n) is 2.84. The highest BCUT2D eigenvalue weighted by Crippen LogP contribution is 2.03. The van der Waals surface area contributed by atoms with Crippen molar-refractivity contribution < 1.29 is 0 Å². The zero-order chi connectivity index (χ0) is 15.3. The van der Waals surface area contributed by atoms with Crippen molar-refractivity contribution in [2.24, 2.45) is 17.4 Å². The Labute approximate surface area is 120 Å². The van der Waals surface area contributed by atoms with Crippen LogP contribution in [0.3, 0.4) is 0 Å². The summed E-state index contributed by atoms with van der Waals surface area (Å²) in [4.78, 5) is 0. The van der Waals surface area contributed by atoms with E-state index < -0.39 is 0 Å². The Morgan fingerprint density at radius 2 is 1.79 bits per heavy atom. The Hall–Kier alpha value is -0.600. The number of hydrogen-bond acceptors (Lipinski definition) is 3. The highest BCUT2D eigenvalue weighted by atomic mass is 15.0. The summed E-state index contributed by atoms with van der Waals surface area (Å²) in [5, 5.41) is 3.40. The first-order valence-corrected chi connectivity index (χ1v) is 7.44. The maximum absolute atomic E-state index is 5.62. The molecule has 0 fully saturated rings. The minimum atomic E-state index is 0.372. The summed E-state index contributed by atoms with van der Waals surface area (Å²) in [5.41, 5.74) is 15.5. The smallest absolute Gasteiger partial charge is 0.0195 e. The molecule has 0 radical (unpaired) electrons. The standard InChI is InChI=1S/C9H23N3.C7H12/c1-7(2)4-9(6-11)12-8(3)5-10;1-4-6-7(3)5-2/h7-9,12H,4-6,10-11H2,1-3H3;4H,5H2,1-3H3. The molecule has 3 heteroatoms. The van der Waals surface area contributed by atoms with E-state index in [0.717, 1.165) is 12.8 Å². The molecular formula is C16H35N3. The van der Waals surface area contributed by atoms with Crippen LogP contribution < -0.4 is 16.8 Å². The van der Waals surface area contributed by atoms with E-state index in [9.17, 15) is 0 Å². The van der Waals surface area contributed by atoms with Gasteiger partial charge in [0, 0.05) is 25.2 Å². The van der Waals surface area contributed by atoms with Gasteiger partial charge in [0.2, 0.25) is 0 Å². The molecule has 0 aliphatic carbocycles. The molecule has 5 N–H and O–H groups in total. The van der Waals surface area contributed by atoms with Gasteiger partial charge in [-0.2, -0.15) is 0 Å². The Balaban J connectivity index is 0. The van der Waals surface area contributed by atoms with E-state index in [-0.39, 0.29) is 0 Å². The molecular weight excluding hydrogens is 234 g/mol. The fourth-order valence-electron chi connectivity index (χ4n) is 1.62. The van der Waals surface area contributed by atoms with E-state index in [0.29, 0.717) is 31.1 Å². The lowest BCUT2D eigenvalue weighted by Crippen LogP contribution is -2.45. The van der Waals surface area contributed by atoms with Crippen LogP contribution in [-0.2, 0) is 0 Å². The molecule has 19 heavy (non-hydrogen) atoms. The van der Waals surface area contributed by atoms with E-state index in [2.05, 4.69) is 45.7 Å². The molecule has 0 spiro atoms. The summed E-state index contributed by atoms with van der Waals surface area (Å²) in [5.74, 6) is 0.691. The normalized spacial score (nSPS) is 13.1. The fourth-order valence-corrected chi connectivity index (χ4v) is 1.62. The van der Waals surface area contributed by atoms with E-state index in [1.807, 2.05) is 13.0 Å². The summed E-state index contributed by atoms with van der Waals surface area (Å²) >= 11 is 0.